The summed E-state index contributed by atoms with van der Waals surface area (Å²) in [6.45, 7) is 0. The van der Waals surface area contributed by atoms with Gasteiger partial charge in [-0.15, -0.1) is 0 Å². The van der Waals surface area contributed by atoms with Gasteiger partial charge in [0.1, 0.15) is 17.2 Å². The van der Waals surface area contributed by atoms with Crippen molar-refractivity contribution in [2.75, 3.05) is 21.3 Å². The fourth-order valence-electron chi connectivity index (χ4n) is 2.14. The lowest BCUT2D eigenvalue weighted by Gasteiger charge is -2.16. The van der Waals surface area contributed by atoms with Gasteiger partial charge in [-0.05, 0) is 12.1 Å². The molecule has 0 aliphatic heterocycles. The number of hydrogen-bond acceptors (Lipinski definition) is 4. The number of halogens is 2. The average molecular weight is 305 g/mol. The Hall–Kier alpha value is -2.81. The summed E-state index contributed by atoms with van der Waals surface area (Å²) < 4.78 is 43.4. The maximum Gasteiger partial charge on any atom is 0.168 e. The molecule has 114 valence electrons. The largest absolute Gasteiger partial charge is 0.496 e. The van der Waals surface area contributed by atoms with E-state index in [0.29, 0.717) is 5.75 Å². The van der Waals surface area contributed by atoms with E-state index in [1.54, 1.807) is 0 Å². The molecule has 0 radical (unpaired) electrons. The summed E-state index contributed by atoms with van der Waals surface area (Å²) in [6.07, 6.45) is 0. The smallest absolute Gasteiger partial charge is 0.168 e. The van der Waals surface area contributed by atoms with Gasteiger partial charge in [0.25, 0.3) is 0 Å². The van der Waals surface area contributed by atoms with Crippen molar-refractivity contribution in [1.82, 2.24) is 0 Å². The molecule has 0 unspecified atom stereocenters. The monoisotopic (exact) mass is 305 g/mol. The Kier molecular flexibility index (Phi) is 4.47. The van der Waals surface area contributed by atoms with Gasteiger partial charge in [-0.1, -0.05) is 0 Å². The van der Waals surface area contributed by atoms with Crippen LogP contribution < -0.4 is 14.2 Å². The van der Waals surface area contributed by atoms with Gasteiger partial charge >= 0.3 is 0 Å². The van der Waals surface area contributed by atoms with E-state index in [0.717, 1.165) is 6.07 Å². The van der Waals surface area contributed by atoms with Crippen molar-refractivity contribution in [3.63, 3.8) is 0 Å². The number of rotatable bonds is 4. The maximum absolute atomic E-state index is 14.3. The third-order valence-electron chi connectivity index (χ3n) is 3.18. The lowest BCUT2D eigenvalue weighted by molar-refractivity contribution is 0.377. The molecule has 0 aromatic heterocycles. The summed E-state index contributed by atoms with van der Waals surface area (Å²) in [5.74, 6) is -1.36. The Morgan fingerprint density at radius 1 is 0.909 bits per heavy atom. The lowest BCUT2D eigenvalue weighted by Crippen LogP contribution is -2.00. The SMILES string of the molecule is COc1cc(OC)c(-c2c(C#N)ccc(F)c2F)c(OC)c1. The molecule has 22 heavy (non-hydrogen) atoms. The standard InChI is InChI=1S/C16H13F2NO3/c1-20-10-6-12(21-2)15(13(7-10)22-3)14-9(8-19)4-5-11(17)16(14)18/h4-7H,1-3H3. The molecular weight excluding hydrogens is 292 g/mol. The minimum atomic E-state index is -1.14. The van der Waals surface area contributed by atoms with E-state index in [2.05, 4.69) is 0 Å². The summed E-state index contributed by atoms with van der Waals surface area (Å²) in [6, 6.07) is 6.96. The van der Waals surface area contributed by atoms with Gasteiger partial charge in [0.05, 0.1) is 38.5 Å². The minimum absolute atomic E-state index is 0.0272. The van der Waals surface area contributed by atoms with Crippen LogP contribution in [0.3, 0.4) is 0 Å². The predicted molar refractivity (Wildman–Crippen MR) is 76.2 cm³/mol. The van der Waals surface area contributed by atoms with Crippen LogP contribution in [0.1, 0.15) is 5.56 Å². The van der Waals surface area contributed by atoms with Gasteiger partial charge in [-0.25, -0.2) is 8.78 Å². The molecule has 0 saturated heterocycles. The van der Waals surface area contributed by atoms with E-state index in [1.807, 2.05) is 6.07 Å². The van der Waals surface area contributed by atoms with Crippen molar-refractivity contribution in [3.8, 4) is 34.4 Å². The molecule has 0 N–H and O–H groups in total. The number of hydrogen-bond donors (Lipinski definition) is 0. The molecule has 0 heterocycles. The van der Waals surface area contributed by atoms with E-state index in [9.17, 15) is 14.0 Å². The predicted octanol–water partition coefficient (Wildman–Crippen LogP) is 3.53. The third kappa shape index (κ3) is 2.53. The summed E-state index contributed by atoms with van der Waals surface area (Å²) in [7, 11) is 4.21. The van der Waals surface area contributed by atoms with Crippen molar-refractivity contribution in [2.45, 2.75) is 0 Å². The molecule has 2 aromatic rings. The van der Waals surface area contributed by atoms with E-state index in [-0.39, 0.29) is 28.2 Å². The second-order valence-corrected chi connectivity index (χ2v) is 4.30. The highest BCUT2D eigenvalue weighted by atomic mass is 19.2. The van der Waals surface area contributed by atoms with Crippen LogP contribution in [0.4, 0.5) is 8.78 Å². The first-order valence-electron chi connectivity index (χ1n) is 6.25. The van der Waals surface area contributed by atoms with Gasteiger partial charge in [0, 0.05) is 17.7 Å². The molecule has 4 nitrogen and oxygen atoms in total. The zero-order valence-electron chi connectivity index (χ0n) is 12.2. The van der Waals surface area contributed by atoms with Gasteiger partial charge in [-0.3, -0.25) is 0 Å². The molecule has 0 bridgehead atoms. The average Bonchev–Trinajstić information content (AvgIpc) is 2.56. The second kappa shape index (κ2) is 6.31. The second-order valence-electron chi connectivity index (χ2n) is 4.30. The van der Waals surface area contributed by atoms with E-state index in [4.69, 9.17) is 14.2 Å². The van der Waals surface area contributed by atoms with Crippen LogP contribution in [0.5, 0.6) is 17.2 Å². The Morgan fingerprint density at radius 2 is 1.50 bits per heavy atom. The van der Waals surface area contributed by atoms with E-state index >= 15 is 0 Å². The zero-order chi connectivity index (χ0) is 16.3. The highest BCUT2D eigenvalue weighted by Gasteiger charge is 2.23. The van der Waals surface area contributed by atoms with Crippen molar-refractivity contribution in [1.29, 1.82) is 5.26 Å². The molecule has 2 rings (SSSR count). The van der Waals surface area contributed by atoms with E-state index < -0.39 is 11.6 Å². The maximum atomic E-state index is 14.3. The van der Waals surface area contributed by atoms with Crippen LogP contribution >= 0.6 is 0 Å². The fraction of sp³-hybridized carbons (Fsp3) is 0.188. The van der Waals surface area contributed by atoms with Gasteiger partial charge in [0.2, 0.25) is 0 Å². The topological polar surface area (TPSA) is 51.5 Å². The van der Waals surface area contributed by atoms with Gasteiger partial charge in [0.15, 0.2) is 11.6 Å². The Labute approximate surface area is 126 Å². The number of nitriles is 1. The van der Waals surface area contributed by atoms with Gasteiger partial charge < -0.3 is 14.2 Å². The lowest BCUT2D eigenvalue weighted by atomic mass is 9.97. The van der Waals surface area contributed by atoms with Crippen molar-refractivity contribution in [3.05, 3.63) is 41.5 Å². The third-order valence-corrected chi connectivity index (χ3v) is 3.18. The molecule has 0 aliphatic carbocycles. The first-order chi connectivity index (χ1) is 10.6. The Balaban J connectivity index is 2.89. The first-order valence-corrected chi connectivity index (χ1v) is 6.25. The van der Waals surface area contributed by atoms with Crippen molar-refractivity contribution >= 4 is 0 Å². The normalized spacial score (nSPS) is 10.0. The van der Waals surface area contributed by atoms with E-state index in [1.165, 1.54) is 39.5 Å². The minimum Gasteiger partial charge on any atom is -0.496 e. The van der Waals surface area contributed by atoms with Crippen LogP contribution in [0.15, 0.2) is 24.3 Å². The summed E-state index contributed by atoms with van der Waals surface area (Å²) in [5.41, 5.74) is -0.0844. The molecular formula is C16H13F2NO3. The zero-order valence-corrected chi connectivity index (χ0v) is 12.2. The molecule has 0 saturated carbocycles. The molecule has 0 atom stereocenters. The first kappa shape index (κ1) is 15.6. The van der Waals surface area contributed by atoms with Crippen molar-refractivity contribution in [2.24, 2.45) is 0 Å². The van der Waals surface area contributed by atoms with Gasteiger partial charge in [-0.2, -0.15) is 5.26 Å². The van der Waals surface area contributed by atoms with Crippen LogP contribution in [-0.4, -0.2) is 21.3 Å². The molecule has 0 amide bonds. The highest BCUT2D eigenvalue weighted by Crippen LogP contribution is 2.44. The summed E-state index contributed by atoms with van der Waals surface area (Å²) in [5, 5.41) is 9.18. The molecule has 2 aromatic carbocycles. The summed E-state index contributed by atoms with van der Waals surface area (Å²) in [4.78, 5) is 0. The number of nitrogens with zero attached hydrogens (tertiary/aromatic N) is 1. The highest BCUT2D eigenvalue weighted by molar-refractivity contribution is 5.82. The number of benzene rings is 2. The van der Waals surface area contributed by atoms with Crippen LogP contribution in [0.2, 0.25) is 0 Å². The molecule has 6 heteroatoms. The molecule has 0 fully saturated rings. The number of ether oxygens (including phenoxy) is 3. The quantitative estimate of drug-likeness (QED) is 0.867. The fourth-order valence-corrected chi connectivity index (χ4v) is 2.14. The van der Waals surface area contributed by atoms with Crippen molar-refractivity contribution < 1.29 is 23.0 Å². The summed E-state index contributed by atoms with van der Waals surface area (Å²) >= 11 is 0. The van der Waals surface area contributed by atoms with Crippen LogP contribution in [-0.2, 0) is 0 Å². The Morgan fingerprint density at radius 3 is 1.95 bits per heavy atom. The van der Waals surface area contributed by atoms with Crippen LogP contribution in [0, 0.1) is 23.0 Å². The molecule has 0 spiro atoms. The number of methoxy groups -OCH3 is 3. The molecule has 0 aliphatic rings. The Bertz CT molecular complexity index is 729. The van der Waals surface area contributed by atoms with Crippen LogP contribution in [0.25, 0.3) is 11.1 Å².